The minimum Gasteiger partial charge on any atom is -0.480 e. The predicted molar refractivity (Wildman–Crippen MR) is 84.3 cm³/mol. The van der Waals surface area contributed by atoms with Gasteiger partial charge in [-0.05, 0) is 16.5 Å². The summed E-state index contributed by atoms with van der Waals surface area (Å²) in [4.78, 5) is 13.4. The molecule has 1 aliphatic heterocycles. The molecule has 1 fully saturated rings. The van der Waals surface area contributed by atoms with E-state index >= 15 is 0 Å². The van der Waals surface area contributed by atoms with Gasteiger partial charge >= 0.3 is 5.97 Å². The smallest absolute Gasteiger partial charge is 0.321 e. The van der Waals surface area contributed by atoms with Gasteiger partial charge in [-0.2, -0.15) is 11.8 Å². The van der Waals surface area contributed by atoms with Gasteiger partial charge in [-0.15, -0.1) is 0 Å². The fourth-order valence-corrected chi connectivity index (χ4v) is 3.51. The molecule has 0 aliphatic carbocycles. The van der Waals surface area contributed by atoms with Crippen molar-refractivity contribution in [3.05, 3.63) is 35.4 Å². The summed E-state index contributed by atoms with van der Waals surface area (Å²) >= 11 is 1.73. The Kier molecular flexibility index (Phi) is 4.76. The molecule has 1 aromatic rings. The zero-order valence-corrected chi connectivity index (χ0v) is 13.2. The molecule has 0 bridgehead atoms. The van der Waals surface area contributed by atoms with Gasteiger partial charge in [-0.1, -0.05) is 45.0 Å². The van der Waals surface area contributed by atoms with Crippen molar-refractivity contribution < 1.29 is 9.90 Å². The van der Waals surface area contributed by atoms with Gasteiger partial charge in [0.2, 0.25) is 0 Å². The normalized spacial score (nSPS) is 20.9. The Morgan fingerprint density at radius 3 is 2.55 bits per heavy atom. The fraction of sp³-hybridized carbons (Fsp3) is 0.562. The number of benzene rings is 1. The van der Waals surface area contributed by atoms with Crippen LogP contribution in [0.4, 0.5) is 0 Å². The Bertz CT molecular complexity index is 464. The van der Waals surface area contributed by atoms with Crippen molar-refractivity contribution in [3.8, 4) is 0 Å². The number of nitrogens with zero attached hydrogens (tertiary/aromatic N) is 1. The molecule has 110 valence electrons. The highest BCUT2D eigenvalue weighted by molar-refractivity contribution is 7.99. The molecule has 1 heterocycles. The highest BCUT2D eigenvalue weighted by Gasteiger charge is 2.28. The Hall–Kier alpha value is -1.00. The summed E-state index contributed by atoms with van der Waals surface area (Å²) in [5, 5.41) is 9.28. The molecule has 0 saturated carbocycles. The third-order valence-corrected chi connectivity index (χ3v) is 4.75. The lowest BCUT2D eigenvalue weighted by molar-refractivity contribution is -0.142. The average Bonchev–Trinajstić information content (AvgIpc) is 2.38. The van der Waals surface area contributed by atoms with Crippen LogP contribution in [0, 0.1) is 0 Å². The van der Waals surface area contributed by atoms with Crippen molar-refractivity contribution >= 4 is 17.7 Å². The first-order chi connectivity index (χ1) is 9.38. The number of aliphatic carboxylic acids is 1. The van der Waals surface area contributed by atoms with Crippen LogP contribution in [0.2, 0.25) is 0 Å². The van der Waals surface area contributed by atoms with E-state index < -0.39 is 5.97 Å². The van der Waals surface area contributed by atoms with Gasteiger partial charge in [0.15, 0.2) is 0 Å². The van der Waals surface area contributed by atoms with E-state index in [1.54, 1.807) is 11.8 Å². The van der Waals surface area contributed by atoms with E-state index in [1.807, 2.05) is 0 Å². The molecule has 0 spiro atoms. The van der Waals surface area contributed by atoms with Crippen LogP contribution in [0.1, 0.15) is 31.9 Å². The van der Waals surface area contributed by atoms with Crippen molar-refractivity contribution in [2.45, 2.75) is 38.8 Å². The molecule has 1 unspecified atom stereocenters. The quantitative estimate of drug-likeness (QED) is 0.930. The highest BCUT2D eigenvalue weighted by atomic mass is 32.2. The summed E-state index contributed by atoms with van der Waals surface area (Å²) < 4.78 is 0. The number of rotatable bonds is 3. The number of thioether (sulfide) groups is 1. The zero-order valence-electron chi connectivity index (χ0n) is 12.4. The maximum atomic E-state index is 11.3. The summed E-state index contributed by atoms with van der Waals surface area (Å²) in [5.41, 5.74) is 2.66. The highest BCUT2D eigenvalue weighted by Crippen LogP contribution is 2.24. The minimum atomic E-state index is -0.705. The molecule has 3 nitrogen and oxygen atoms in total. The number of carbonyl (C=O) groups is 1. The van der Waals surface area contributed by atoms with Crippen LogP contribution in [0.5, 0.6) is 0 Å². The molecule has 1 saturated heterocycles. The fourth-order valence-electron chi connectivity index (χ4n) is 2.40. The maximum Gasteiger partial charge on any atom is 0.321 e. The number of hydrogen-bond donors (Lipinski definition) is 1. The molecule has 0 aromatic heterocycles. The van der Waals surface area contributed by atoms with Gasteiger partial charge in [0, 0.05) is 24.6 Å². The van der Waals surface area contributed by atoms with Gasteiger partial charge in [0.25, 0.3) is 0 Å². The lowest BCUT2D eigenvalue weighted by Gasteiger charge is -2.32. The molecule has 1 aliphatic rings. The van der Waals surface area contributed by atoms with Crippen molar-refractivity contribution in [3.63, 3.8) is 0 Å². The topological polar surface area (TPSA) is 40.5 Å². The van der Waals surface area contributed by atoms with Crippen LogP contribution in [-0.2, 0) is 16.8 Å². The van der Waals surface area contributed by atoms with E-state index in [4.69, 9.17) is 0 Å². The first kappa shape index (κ1) is 15.4. The van der Waals surface area contributed by atoms with Gasteiger partial charge < -0.3 is 5.11 Å². The second-order valence-corrected chi connectivity index (χ2v) is 7.50. The van der Waals surface area contributed by atoms with Crippen molar-refractivity contribution in [1.29, 1.82) is 0 Å². The Morgan fingerprint density at radius 1 is 1.35 bits per heavy atom. The Balaban J connectivity index is 2.07. The SMILES string of the molecule is CC(C)(C)c1ccc(CN2CCSCC2C(=O)O)cc1. The molecular weight excluding hydrogens is 270 g/mol. The number of carboxylic acids is 1. The summed E-state index contributed by atoms with van der Waals surface area (Å²) in [6.45, 7) is 8.17. The van der Waals surface area contributed by atoms with Gasteiger partial charge in [-0.25, -0.2) is 0 Å². The Morgan fingerprint density at radius 2 is 2.00 bits per heavy atom. The van der Waals surface area contributed by atoms with Crippen molar-refractivity contribution in [1.82, 2.24) is 4.90 Å². The molecule has 4 heteroatoms. The summed E-state index contributed by atoms with van der Waals surface area (Å²) in [6.07, 6.45) is 0. The Labute approximate surface area is 125 Å². The molecule has 0 radical (unpaired) electrons. The largest absolute Gasteiger partial charge is 0.480 e. The summed E-state index contributed by atoms with van der Waals surface area (Å²) in [5.74, 6) is 1.00. The molecular formula is C16H23NO2S. The van der Waals surface area contributed by atoms with E-state index in [9.17, 15) is 9.90 Å². The van der Waals surface area contributed by atoms with Gasteiger partial charge in [0.1, 0.15) is 6.04 Å². The first-order valence-corrected chi connectivity index (χ1v) is 8.17. The zero-order chi connectivity index (χ0) is 14.8. The lowest BCUT2D eigenvalue weighted by Crippen LogP contribution is -2.46. The number of carboxylic acid groups (broad SMARTS) is 1. The minimum absolute atomic E-state index is 0.157. The molecule has 2 rings (SSSR count). The molecule has 20 heavy (non-hydrogen) atoms. The van der Waals surface area contributed by atoms with Gasteiger partial charge in [-0.3, -0.25) is 9.69 Å². The van der Waals surface area contributed by atoms with Crippen LogP contribution in [0.25, 0.3) is 0 Å². The molecule has 1 N–H and O–H groups in total. The van der Waals surface area contributed by atoms with E-state index in [1.165, 1.54) is 11.1 Å². The van der Waals surface area contributed by atoms with E-state index in [2.05, 4.69) is 49.9 Å². The van der Waals surface area contributed by atoms with E-state index in [0.29, 0.717) is 5.75 Å². The van der Waals surface area contributed by atoms with E-state index in [0.717, 1.165) is 18.8 Å². The van der Waals surface area contributed by atoms with Crippen LogP contribution in [0.15, 0.2) is 24.3 Å². The summed E-state index contributed by atoms with van der Waals surface area (Å²) in [7, 11) is 0. The van der Waals surface area contributed by atoms with Crippen molar-refractivity contribution in [2.24, 2.45) is 0 Å². The third kappa shape index (κ3) is 3.76. The van der Waals surface area contributed by atoms with E-state index in [-0.39, 0.29) is 11.5 Å². The number of hydrogen-bond acceptors (Lipinski definition) is 3. The first-order valence-electron chi connectivity index (χ1n) is 7.02. The lowest BCUT2D eigenvalue weighted by atomic mass is 9.87. The molecule has 1 atom stereocenters. The van der Waals surface area contributed by atoms with Crippen molar-refractivity contribution in [2.75, 3.05) is 18.1 Å². The second kappa shape index (κ2) is 6.19. The van der Waals surface area contributed by atoms with Crippen LogP contribution in [0.3, 0.4) is 0 Å². The van der Waals surface area contributed by atoms with Gasteiger partial charge in [0.05, 0.1) is 0 Å². The molecule has 1 aromatic carbocycles. The predicted octanol–water partition coefficient (Wildman–Crippen LogP) is 2.99. The van der Waals surface area contributed by atoms with Crippen LogP contribution < -0.4 is 0 Å². The molecule has 0 amide bonds. The van der Waals surface area contributed by atoms with Crippen LogP contribution in [-0.4, -0.2) is 40.1 Å². The maximum absolute atomic E-state index is 11.3. The average molecular weight is 293 g/mol. The second-order valence-electron chi connectivity index (χ2n) is 6.35. The third-order valence-electron chi connectivity index (χ3n) is 3.73. The standard InChI is InChI=1S/C16H23NO2S/c1-16(2,3)13-6-4-12(5-7-13)10-17-8-9-20-11-14(17)15(18)19/h4-7,14H,8-11H2,1-3H3,(H,18,19). The van der Waals surface area contributed by atoms with Crippen LogP contribution >= 0.6 is 11.8 Å². The summed E-state index contributed by atoms with van der Waals surface area (Å²) in [6, 6.07) is 8.21. The monoisotopic (exact) mass is 293 g/mol.